The average Bonchev–Trinajstić information content (AvgIpc) is 2.85. The Morgan fingerprint density at radius 2 is 2.18 bits per heavy atom. The minimum Gasteiger partial charge on any atom is -0.332 e. The minimum atomic E-state index is 0.120. The lowest BCUT2D eigenvalue weighted by Gasteiger charge is -2.26. The van der Waals surface area contributed by atoms with Crippen molar-refractivity contribution in [3.63, 3.8) is 0 Å². The van der Waals surface area contributed by atoms with Crippen LogP contribution in [0.3, 0.4) is 0 Å². The molecule has 0 aromatic carbocycles. The molecule has 2 rings (SSSR count). The van der Waals surface area contributed by atoms with Crippen LogP contribution in [0.25, 0.3) is 0 Å². The molecule has 1 fully saturated rings. The fraction of sp³-hybridized carbons (Fsp3) is 0.750. The van der Waals surface area contributed by atoms with Crippen molar-refractivity contribution in [2.45, 2.75) is 25.9 Å². The van der Waals surface area contributed by atoms with Gasteiger partial charge in [-0.3, -0.25) is 4.90 Å². The number of imidazole rings is 1. The smallest absolute Gasteiger partial charge is 0.0949 e. The van der Waals surface area contributed by atoms with E-state index in [0.717, 1.165) is 19.5 Å². The molecule has 1 aromatic rings. The average molecular weight is 254 g/mol. The predicted molar refractivity (Wildman–Crippen MR) is 73.2 cm³/mol. The van der Waals surface area contributed by atoms with Gasteiger partial charge in [0.2, 0.25) is 0 Å². The van der Waals surface area contributed by atoms with Gasteiger partial charge in [0.25, 0.3) is 0 Å². The van der Waals surface area contributed by atoms with Crippen molar-refractivity contribution in [3.8, 4) is 0 Å². The van der Waals surface area contributed by atoms with Crippen LogP contribution in [0.4, 0.5) is 0 Å². The Hall–Kier alpha value is -0.520. The highest BCUT2D eigenvalue weighted by Gasteiger charge is 2.12. The van der Waals surface area contributed by atoms with E-state index in [9.17, 15) is 0 Å². The molecule has 2 N–H and O–H groups in total. The molecule has 0 amide bonds. The molecule has 17 heavy (non-hydrogen) atoms. The zero-order valence-corrected chi connectivity index (χ0v) is 11.3. The number of rotatable bonds is 5. The third-order valence-corrected chi connectivity index (χ3v) is 4.27. The maximum atomic E-state index is 6.07. The first-order valence-electron chi connectivity index (χ1n) is 6.37. The Morgan fingerprint density at radius 3 is 2.88 bits per heavy atom. The molecule has 4 nitrogen and oxygen atoms in total. The monoisotopic (exact) mass is 254 g/mol. The Bertz CT molecular complexity index is 333. The Kier molecular flexibility index (Phi) is 4.88. The maximum absolute atomic E-state index is 6.07. The molecular formula is C12H22N4S. The summed E-state index contributed by atoms with van der Waals surface area (Å²) in [5.74, 6) is 2.54. The summed E-state index contributed by atoms with van der Waals surface area (Å²) < 4.78 is 2.20. The Labute approximate surface area is 108 Å². The molecule has 0 radical (unpaired) electrons. The molecule has 1 aliphatic rings. The third kappa shape index (κ3) is 3.47. The second kappa shape index (κ2) is 6.42. The van der Waals surface area contributed by atoms with E-state index in [1.807, 2.05) is 12.5 Å². The number of nitrogens with zero attached hydrogens (tertiary/aromatic N) is 3. The molecule has 0 spiro atoms. The lowest BCUT2D eigenvalue weighted by Crippen LogP contribution is -2.35. The number of thioether (sulfide) groups is 1. The van der Waals surface area contributed by atoms with Gasteiger partial charge in [-0.25, -0.2) is 4.98 Å². The highest BCUT2D eigenvalue weighted by molar-refractivity contribution is 7.99. The number of hydrogen-bond acceptors (Lipinski definition) is 4. The van der Waals surface area contributed by atoms with Gasteiger partial charge in [0.15, 0.2) is 0 Å². The first-order valence-corrected chi connectivity index (χ1v) is 7.52. The zero-order chi connectivity index (χ0) is 12.1. The summed E-state index contributed by atoms with van der Waals surface area (Å²) in [5, 5.41) is 0. The van der Waals surface area contributed by atoms with Crippen LogP contribution in [0.15, 0.2) is 12.5 Å². The topological polar surface area (TPSA) is 47.1 Å². The molecule has 5 heteroatoms. The Morgan fingerprint density at radius 1 is 1.41 bits per heavy atom. The van der Waals surface area contributed by atoms with Crippen molar-refractivity contribution in [1.29, 1.82) is 0 Å². The highest BCUT2D eigenvalue weighted by atomic mass is 32.2. The molecule has 0 aliphatic carbocycles. The van der Waals surface area contributed by atoms with Gasteiger partial charge in [-0.2, -0.15) is 11.8 Å². The second-order valence-corrected chi connectivity index (χ2v) is 5.71. The lowest BCUT2D eigenvalue weighted by atomic mass is 10.2. The number of hydrogen-bond donors (Lipinski definition) is 1. The normalized spacial score (nSPS) is 19.4. The van der Waals surface area contributed by atoms with Crippen LogP contribution in [-0.4, -0.2) is 45.6 Å². The fourth-order valence-corrected chi connectivity index (χ4v) is 3.09. The van der Waals surface area contributed by atoms with Crippen molar-refractivity contribution >= 4 is 11.8 Å². The van der Waals surface area contributed by atoms with Crippen LogP contribution < -0.4 is 5.73 Å². The molecule has 96 valence electrons. The van der Waals surface area contributed by atoms with Gasteiger partial charge >= 0.3 is 0 Å². The second-order valence-electron chi connectivity index (χ2n) is 4.48. The maximum Gasteiger partial charge on any atom is 0.0949 e. The van der Waals surface area contributed by atoms with Gasteiger partial charge in [-0.05, 0) is 6.42 Å². The molecule has 1 saturated heterocycles. The fourth-order valence-electron chi connectivity index (χ4n) is 2.11. The van der Waals surface area contributed by atoms with Crippen LogP contribution in [0.5, 0.6) is 0 Å². The van der Waals surface area contributed by atoms with E-state index in [-0.39, 0.29) is 6.04 Å². The van der Waals surface area contributed by atoms with E-state index >= 15 is 0 Å². The molecule has 0 bridgehead atoms. The summed E-state index contributed by atoms with van der Waals surface area (Å²) in [6, 6.07) is 0.120. The summed E-state index contributed by atoms with van der Waals surface area (Å²) >= 11 is 2.05. The van der Waals surface area contributed by atoms with Crippen LogP contribution in [0.1, 0.15) is 25.1 Å². The standard InChI is InChI=1S/C12H22N4S/c1-2-11(13)12-9-14-10-16(12)4-3-15-5-7-17-8-6-15/h9-11H,2-8,13H2,1H3/t11-/m1/s1. The van der Waals surface area contributed by atoms with Crippen molar-refractivity contribution in [2.75, 3.05) is 31.1 Å². The first-order chi connectivity index (χ1) is 8.31. The lowest BCUT2D eigenvalue weighted by molar-refractivity contribution is 0.287. The molecular weight excluding hydrogens is 232 g/mol. The molecule has 2 heterocycles. The predicted octanol–water partition coefficient (Wildman–Crippen LogP) is 1.34. The van der Waals surface area contributed by atoms with E-state index in [2.05, 4.69) is 33.1 Å². The van der Waals surface area contributed by atoms with Gasteiger partial charge < -0.3 is 10.3 Å². The summed E-state index contributed by atoms with van der Waals surface area (Å²) in [4.78, 5) is 6.74. The molecule has 0 saturated carbocycles. The summed E-state index contributed by atoms with van der Waals surface area (Å²) in [7, 11) is 0. The van der Waals surface area contributed by atoms with Crippen molar-refractivity contribution in [2.24, 2.45) is 5.73 Å². The minimum absolute atomic E-state index is 0.120. The van der Waals surface area contributed by atoms with Crippen LogP contribution in [0, 0.1) is 0 Å². The summed E-state index contributed by atoms with van der Waals surface area (Å²) in [6.45, 7) is 6.67. The van der Waals surface area contributed by atoms with Gasteiger partial charge in [-0.1, -0.05) is 6.92 Å². The summed E-state index contributed by atoms with van der Waals surface area (Å²) in [5.41, 5.74) is 7.24. The quantitative estimate of drug-likeness (QED) is 0.861. The van der Waals surface area contributed by atoms with Gasteiger partial charge in [-0.15, -0.1) is 0 Å². The zero-order valence-electron chi connectivity index (χ0n) is 10.5. The third-order valence-electron chi connectivity index (χ3n) is 3.33. The highest BCUT2D eigenvalue weighted by Crippen LogP contribution is 2.14. The van der Waals surface area contributed by atoms with Crippen molar-refractivity contribution in [3.05, 3.63) is 18.2 Å². The van der Waals surface area contributed by atoms with Gasteiger partial charge in [0.05, 0.1) is 12.0 Å². The molecule has 0 unspecified atom stereocenters. The van der Waals surface area contributed by atoms with Gasteiger partial charge in [0.1, 0.15) is 0 Å². The van der Waals surface area contributed by atoms with E-state index in [4.69, 9.17) is 5.73 Å². The molecule has 1 aliphatic heterocycles. The number of aromatic nitrogens is 2. The van der Waals surface area contributed by atoms with Crippen LogP contribution >= 0.6 is 11.8 Å². The van der Waals surface area contributed by atoms with E-state index in [0.29, 0.717) is 0 Å². The van der Waals surface area contributed by atoms with E-state index < -0.39 is 0 Å². The SMILES string of the molecule is CC[C@@H](N)c1cncn1CCN1CCSCC1. The van der Waals surface area contributed by atoms with Crippen molar-refractivity contribution in [1.82, 2.24) is 14.5 Å². The number of nitrogens with two attached hydrogens (primary N) is 1. The molecule has 1 atom stereocenters. The largest absolute Gasteiger partial charge is 0.332 e. The van der Waals surface area contributed by atoms with Crippen LogP contribution in [-0.2, 0) is 6.54 Å². The van der Waals surface area contributed by atoms with Crippen molar-refractivity contribution < 1.29 is 0 Å². The van der Waals surface area contributed by atoms with E-state index in [1.54, 1.807) is 0 Å². The summed E-state index contributed by atoms with van der Waals surface area (Å²) in [6.07, 6.45) is 4.77. The first kappa shape index (κ1) is 12.9. The van der Waals surface area contributed by atoms with Crippen LogP contribution in [0.2, 0.25) is 0 Å². The Balaban J connectivity index is 1.87. The molecule has 1 aromatic heterocycles. The van der Waals surface area contributed by atoms with E-state index in [1.165, 1.54) is 30.3 Å². The van der Waals surface area contributed by atoms with Gasteiger partial charge in [0, 0.05) is 49.9 Å².